The number of hydrogen-bond acceptors (Lipinski definition) is 6. The molecule has 2 bridgehead atoms. The molecule has 0 radical (unpaired) electrons. The summed E-state index contributed by atoms with van der Waals surface area (Å²) < 4.78 is 1.62. The highest BCUT2D eigenvalue weighted by atomic mass is 16.2. The van der Waals surface area contributed by atoms with E-state index in [1.807, 2.05) is 29.2 Å². The Morgan fingerprint density at radius 2 is 2.06 bits per heavy atom. The smallest absolute Gasteiger partial charge is 0.264 e. The molecule has 0 spiro atoms. The van der Waals surface area contributed by atoms with Crippen LogP contribution in [0.3, 0.4) is 0 Å². The van der Waals surface area contributed by atoms with Crippen LogP contribution in [0.1, 0.15) is 40.0 Å². The van der Waals surface area contributed by atoms with Gasteiger partial charge in [0.1, 0.15) is 0 Å². The number of H-pyrrole nitrogens is 1. The molecule has 2 N–H and O–H groups in total. The summed E-state index contributed by atoms with van der Waals surface area (Å²) in [6, 6.07) is 8.71. The van der Waals surface area contributed by atoms with Crippen LogP contribution in [0.4, 0.5) is 0 Å². The summed E-state index contributed by atoms with van der Waals surface area (Å²) in [6.45, 7) is 0.593. The Morgan fingerprint density at radius 3 is 2.87 bits per heavy atom. The van der Waals surface area contributed by atoms with Crippen molar-refractivity contribution in [1.82, 2.24) is 35.4 Å². The van der Waals surface area contributed by atoms with E-state index < -0.39 is 5.56 Å². The molecule has 158 valence electrons. The highest BCUT2D eigenvalue weighted by Gasteiger charge is 2.43. The van der Waals surface area contributed by atoms with Crippen LogP contribution >= 0.6 is 0 Å². The second-order valence-corrected chi connectivity index (χ2v) is 8.00. The fourth-order valence-corrected chi connectivity index (χ4v) is 4.61. The predicted molar refractivity (Wildman–Crippen MR) is 110 cm³/mol. The molecule has 3 unspecified atom stereocenters. The lowest BCUT2D eigenvalue weighted by molar-refractivity contribution is 0.0732. The number of nitrogens with zero attached hydrogens (tertiary/aromatic N) is 5. The molecule has 1 aliphatic heterocycles. The Labute approximate surface area is 177 Å². The number of rotatable bonds is 4. The summed E-state index contributed by atoms with van der Waals surface area (Å²) in [5.74, 6) is -0.146. The van der Waals surface area contributed by atoms with Crippen LogP contribution in [0, 0.1) is 5.92 Å². The Bertz CT molecular complexity index is 1170. The first-order valence-electron chi connectivity index (χ1n) is 10.2. The van der Waals surface area contributed by atoms with Crippen molar-refractivity contribution in [1.29, 1.82) is 0 Å². The molecule has 2 aromatic heterocycles. The van der Waals surface area contributed by atoms with Gasteiger partial charge in [-0.2, -0.15) is 5.10 Å². The Hall–Kier alpha value is -3.82. The molecule has 1 aromatic carbocycles. The van der Waals surface area contributed by atoms with Gasteiger partial charge in [-0.15, -0.1) is 5.10 Å². The number of aromatic amines is 1. The first-order valence-corrected chi connectivity index (χ1v) is 10.2. The largest absolute Gasteiger partial charge is 0.349 e. The van der Waals surface area contributed by atoms with Crippen molar-refractivity contribution in [2.75, 3.05) is 6.54 Å². The van der Waals surface area contributed by atoms with Crippen molar-refractivity contribution in [3.8, 4) is 5.69 Å². The topological polar surface area (TPSA) is 126 Å². The van der Waals surface area contributed by atoms with Crippen LogP contribution < -0.4 is 10.9 Å². The predicted octanol–water partition coefficient (Wildman–Crippen LogP) is 0.774. The summed E-state index contributed by atoms with van der Waals surface area (Å²) >= 11 is 0. The summed E-state index contributed by atoms with van der Waals surface area (Å²) in [7, 11) is 0. The Balaban J connectivity index is 1.29. The van der Waals surface area contributed by atoms with E-state index in [0.717, 1.165) is 24.9 Å². The van der Waals surface area contributed by atoms with Gasteiger partial charge in [0.25, 0.3) is 17.4 Å². The number of fused-ring (bicyclic) bond motifs is 2. The zero-order valence-electron chi connectivity index (χ0n) is 16.6. The van der Waals surface area contributed by atoms with Crippen molar-refractivity contribution in [2.45, 2.75) is 31.3 Å². The fraction of sp³-hybridized carbons (Fsp3) is 0.333. The lowest BCUT2D eigenvalue weighted by Gasteiger charge is -2.29. The summed E-state index contributed by atoms with van der Waals surface area (Å²) in [5, 5.41) is 16.8. The number of aromatic nitrogens is 5. The quantitative estimate of drug-likeness (QED) is 0.643. The van der Waals surface area contributed by atoms with Gasteiger partial charge in [0.2, 0.25) is 0 Å². The van der Waals surface area contributed by atoms with Gasteiger partial charge in [-0.25, -0.2) is 9.78 Å². The number of amides is 2. The van der Waals surface area contributed by atoms with Crippen LogP contribution in [-0.4, -0.2) is 60.5 Å². The molecule has 3 atom stereocenters. The summed E-state index contributed by atoms with van der Waals surface area (Å²) in [4.78, 5) is 39.1. The summed E-state index contributed by atoms with van der Waals surface area (Å²) in [5.41, 5.74) is 1.21. The zero-order chi connectivity index (χ0) is 21.4. The minimum atomic E-state index is -0.415. The van der Waals surface area contributed by atoms with E-state index in [2.05, 4.69) is 25.8 Å². The van der Waals surface area contributed by atoms with E-state index in [4.69, 9.17) is 0 Å². The molecule has 2 fully saturated rings. The number of hydrogen-bond donors (Lipinski definition) is 2. The van der Waals surface area contributed by atoms with Gasteiger partial charge in [0.15, 0.2) is 0 Å². The maximum Gasteiger partial charge on any atom is 0.264 e. The number of nitrogens with one attached hydrogen (secondary N) is 2. The minimum Gasteiger partial charge on any atom is -0.349 e. The van der Waals surface area contributed by atoms with Crippen LogP contribution in [0.5, 0.6) is 0 Å². The van der Waals surface area contributed by atoms with E-state index >= 15 is 0 Å². The zero-order valence-corrected chi connectivity index (χ0v) is 16.6. The fourth-order valence-electron chi connectivity index (χ4n) is 4.61. The van der Waals surface area contributed by atoms with Crippen LogP contribution in [0.2, 0.25) is 0 Å². The number of benzene rings is 1. The van der Waals surface area contributed by atoms with Gasteiger partial charge in [0, 0.05) is 30.3 Å². The van der Waals surface area contributed by atoms with Gasteiger partial charge in [-0.3, -0.25) is 14.4 Å². The molecule has 3 heterocycles. The first kappa shape index (κ1) is 19.2. The molecule has 1 saturated carbocycles. The molecule has 31 heavy (non-hydrogen) atoms. The molecule has 10 nitrogen and oxygen atoms in total. The standard InChI is InChI=1S/C21H21N7O3/c29-19-10-14(11-23-25-19)20(30)24-18-5-4-16-9-15(18)12-27(16)21(31)13-2-1-3-17(8-13)28-7-6-22-26-28/h1-3,6-8,10-11,15-16,18H,4-5,9,12H2,(H,24,30)(H,25,29). The molecular formula is C21H21N7O3. The van der Waals surface area contributed by atoms with Crippen molar-refractivity contribution < 1.29 is 9.59 Å². The molecular weight excluding hydrogens is 398 g/mol. The minimum absolute atomic E-state index is 0.0137. The van der Waals surface area contributed by atoms with Gasteiger partial charge < -0.3 is 10.2 Å². The highest BCUT2D eigenvalue weighted by molar-refractivity contribution is 5.95. The number of carbonyl (C=O) groups is 2. The number of likely N-dealkylation sites (tertiary alicyclic amines) is 1. The second-order valence-electron chi connectivity index (χ2n) is 8.00. The van der Waals surface area contributed by atoms with Crippen LogP contribution in [0.25, 0.3) is 5.69 Å². The molecule has 2 amide bonds. The van der Waals surface area contributed by atoms with Crippen LogP contribution in [0.15, 0.2) is 53.7 Å². The molecule has 5 rings (SSSR count). The van der Waals surface area contributed by atoms with E-state index in [-0.39, 0.29) is 35.4 Å². The van der Waals surface area contributed by atoms with Crippen molar-refractivity contribution >= 4 is 11.8 Å². The maximum atomic E-state index is 13.2. The third kappa shape index (κ3) is 3.72. The lowest BCUT2D eigenvalue weighted by atomic mass is 9.85. The highest BCUT2D eigenvalue weighted by Crippen LogP contribution is 2.36. The van der Waals surface area contributed by atoms with Gasteiger partial charge in [-0.1, -0.05) is 11.3 Å². The second kappa shape index (κ2) is 7.78. The summed E-state index contributed by atoms with van der Waals surface area (Å²) in [6.07, 6.45) is 7.13. The lowest BCUT2D eigenvalue weighted by Crippen LogP contribution is -2.42. The van der Waals surface area contributed by atoms with Crippen molar-refractivity contribution in [3.05, 3.63) is 70.4 Å². The average Bonchev–Trinajstić information content (AvgIpc) is 3.44. The molecule has 10 heteroatoms. The average molecular weight is 419 g/mol. The van der Waals surface area contributed by atoms with E-state index in [0.29, 0.717) is 12.1 Å². The normalized spacial score (nSPS) is 22.3. The van der Waals surface area contributed by atoms with Crippen LogP contribution in [-0.2, 0) is 0 Å². The third-order valence-electron chi connectivity index (χ3n) is 6.11. The van der Waals surface area contributed by atoms with Crippen molar-refractivity contribution in [3.63, 3.8) is 0 Å². The maximum absolute atomic E-state index is 13.2. The molecule has 2 aliphatic rings. The van der Waals surface area contributed by atoms with Gasteiger partial charge in [0.05, 0.1) is 29.8 Å². The van der Waals surface area contributed by atoms with E-state index in [1.165, 1.54) is 12.3 Å². The molecule has 3 aromatic rings. The third-order valence-corrected chi connectivity index (χ3v) is 6.11. The number of carbonyl (C=O) groups excluding carboxylic acids is 2. The Kier molecular flexibility index (Phi) is 4.81. The molecule has 1 aliphatic carbocycles. The molecule has 1 saturated heterocycles. The van der Waals surface area contributed by atoms with E-state index in [9.17, 15) is 14.4 Å². The first-order chi connectivity index (χ1) is 15.1. The Morgan fingerprint density at radius 1 is 1.16 bits per heavy atom. The monoisotopic (exact) mass is 419 g/mol. The SMILES string of the molecule is O=C(NC1CCC2CC1CN2C(=O)c1cccc(-n2ccnn2)c1)c1cn[nH]c(=O)c1. The van der Waals surface area contributed by atoms with Gasteiger partial charge >= 0.3 is 0 Å². The van der Waals surface area contributed by atoms with E-state index in [1.54, 1.807) is 17.1 Å². The van der Waals surface area contributed by atoms with Gasteiger partial charge in [-0.05, 0) is 43.4 Å². The van der Waals surface area contributed by atoms with Crippen molar-refractivity contribution in [2.24, 2.45) is 5.92 Å².